The molecule has 0 spiro atoms. The molecular formula is C15H25NO4. The van der Waals surface area contributed by atoms with Gasteiger partial charge in [-0.05, 0) is 37.5 Å². The van der Waals surface area contributed by atoms with Gasteiger partial charge in [0.25, 0.3) is 0 Å². The zero-order valence-corrected chi connectivity index (χ0v) is 12.0. The molecule has 1 unspecified atom stereocenters. The average molecular weight is 283 g/mol. The van der Waals surface area contributed by atoms with E-state index in [0.717, 1.165) is 25.7 Å². The highest BCUT2D eigenvalue weighted by Gasteiger charge is 2.30. The van der Waals surface area contributed by atoms with Crippen molar-refractivity contribution in [2.75, 3.05) is 19.8 Å². The van der Waals surface area contributed by atoms with Crippen molar-refractivity contribution in [1.29, 1.82) is 0 Å². The Balaban J connectivity index is 1.75. The van der Waals surface area contributed by atoms with E-state index < -0.39 is 11.9 Å². The number of hydrogen-bond donors (Lipinski definition) is 2. The molecule has 0 aromatic carbocycles. The minimum atomic E-state index is -0.807. The van der Waals surface area contributed by atoms with Gasteiger partial charge in [-0.2, -0.15) is 0 Å². The summed E-state index contributed by atoms with van der Waals surface area (Å²) in [6, 6.07) is 0. The maximum atomic E-state index is 11.9. The van der Waals surface area contributed by atoms with Gasteiger partial charge in [-0.1, -0.05) is 12.8 Å². The Bertz CT molecular complexity index is 333. The van der Waals surface area contributed by atoms with Crippen LogP contribution in [0.2, 0.25) is 0 Å². The minimum Gasteiger partial charge on any atom is -0.481 e. The van der Waals surface area contributed by atoms with Crippen molar-refractivity contribution in [1.82, 2.24) is 5.32 Å². The van der Waals surface area contributed by atoms with Crippen LogP contribution in [-0.2, 0) is 14.3 Å². The van der Waals surface area contributed by atoms with Crippen LogP contribution in [0.15, 0.2) is 0 Å². The van der Waals surface area contributed by atoms with Crippen molar-refractivity contribution in [2.45, 2.75) is 44.9 Å². The SMILES string of the molecule is O=C(CC1CCCC1)NCC(C(=O)O)C1CCOCC1. The number of ether oxygens (including phenoxy) is 1. The van der Waals surface area contributed by atoms with Gasteiger partial charge >= 0.3 is 5.97 Å². The van der Waals surface area contributed by atoms with Crippen LogP contribution in [0.4, 0.5) is 0 Å². The van der Waals surface area contributed by atoms with Crippen molar-refractivity contribution in [2.24, 2.45) is 17.8 Å². The predicted octanol–water partition coefficient (Wildman–Crippen LogP) is 1.81. The fourth-order valence-corrected chi connectivity index (χ4v) is 3.35. The van der Waals surface area contributed by atoms with Gasteiger partial charge in [0.2, 0.25) is 5.91 Å². The second kappa shape index (κ2) is 7.62. The first-order valence-corrected chi connectivity index (χ1v) is 7.74. The lowest BCUT2D eigenvalue weighted by Gasteiger charge is -2.27. The summed E-state index contributed by atoms with van der Waals surface area (Å²) in [5, 5.41) is 12.2. The molecule has 0 bridgehead atoms. The predicted molar refractivity (Wildman–Crippen MR) is 74.3 cm³/mol. The van der Waals surface area contributed by atoms with E-state index in [-0.39, 0.29) is 18.4 Å². The number of rotatable bonds is 6. The van der Waals surface area contributed by atoms with E-state index in [1.807, 2.05) is 0 Å². The fourth-order valence-electron chi connectivity index (χ4n) is 3.35. The van der Waals surface area contributed by atoms with E-state index in [0.29, 0.717) is 25.6 Å². The lowest BCUT2D eigenvalue weighted by atomic mass is 9.86. The Labute approximate surface area is 120 Å². The summed E-state index contributed by atoms with van der Waals surface area (Å²) in [5.41, 5.74) is 0. The van der Waals surface area contributed by atoms with Crippen LogP contribution in [0.25, 0.3) is 0 Å². The normalized spacial score (nSPS) is 22.6. The fraction of sp³-hybridized carbons (Fsp3) is 0.867. The van der Waals surface area contributed by atoms with Gasteiger partial charge in [0.1, 0.15) is 0 Å². The largest absolute Gasteiger partial charge is 0.481 e. The molecule has 2 aliphatic rings. The third-order valence-corrected chi connectivity index (χ3v) is 4.62. The highest BCUT2D eigenvalue weighted by Crippen LogP contribution is 2.27. The second-order valence-electron chi connectivity index (χ2n) is 6.05. The topological polar surface area (TPSA) is 75.6 Å². The minimum absolute atomic E-state index is 0.00945. The number of carbonyl (C=O) groups excluding carboxylic acids is 1. The summed E-state index contributed by atoms with van der Waals surface area (Å²) in [7, 11) is 0. The van der Waals surface area contributed by atoms with Crippen molar-refractivity contribution in [3.05, 3.63) is 0 Å². The van der Waals surface area contributed by atoms with Gasteiger partial charge in [-0.3, -0.25) is 9.59 Å². The second-order valence-corrected chi connectivity index (χ2v) is 6.05. The smallest absolute Gasteiger partial charge is 0.308 e. The van der Waals surface area contributed by atoms with Crippen molar-refractivity contribution < 1.29 is 19.4 Å². The van der Waals surface area contributed by atoms with E-state index in [9.17, 15) is 14.7 Å². The van der Waals surface area contributed by atoms with E-state index in [1.54, 1.807) is 0 Å². The number of carboxylic acids is 1. The highest BCUT2D eigenvalue weighted by molar-refractivity contribution is 5.77. The molecule has 0 aromatic heterocycles. The number of carboxylic acid groups (broad SMARTS) is 1. The molecule has 2 rings (SSSR count). The number of hydrogen-bond acceptors (Lipinski definition) is 3. The molecule has 1 saturated heterocycles. The lowest BCUT2D eigenvalue weighted by Crippen LogP contribution is -2.39. The number of nitrogens with one attached hydrogen (secondary N) is 1. The molecule has 2 N–H and O–H groups in total. The van der Waals surface area contributed by atoms with Gasteiger partial charge in [0.15, 0.2) is 0 Å². The zero-order chi connectivity index (χ0) is 14.4. The van der Waals surface area contributed by atoms with Gasteiger partial charge in [-0.25, -0.2) is 0 Å². The molecule has 5 nitrogen and oxygen atoms in total. The number of amides is 1. The molecule has 0 radical (unpaired) electrons. The standard InChI is InChI=1S/C15H25NO4/c17-14(9-11-3-1-2-4-11)16-10-13(15(18)19)12-5-7-20-8-6-12/h11-13H,1-10H2,(H,16,17)(H,18,19). The Hall–Kier alpha value is -1.10. The third kappa shape index (κ3) is 4.47. The van der Waals surface area contributed by atoms with Crippen molar-refractivity contribution >= 4 is 11.9 Å². The summed E-state index contributed by atoms with van der Waals surface area (Å²) in [6.07, 6.45) is 6.81. The van der Waals surface area contributed by atoms with E-state index in [1.165, 1.54) is 12.8 Å². The van der Waals surface area contributed by atoms with Gasteiger partial charge < -0.3 is 15.2 Å². The maximum absolute atomic E-state index is 11.9. The molecule has 1 aliphatic heterocycles. The van der Waals surface area contributed by atoms with Crippen molar-refractivity contribution in [3.8, 4) is 0 Å². The summed E-state index contributed by atoms with van der Waals surface area (Å²) in [4.78, 5) is 23.2. The summed E-state index contributed by atoms with van der Waals surface area (Å²) in [6.45, 7) is 1.51. The first-order valence-electron chi connectivity index (χ1n) is 7.74. The Morgan fingerprint density at radius 2 is 1.80 bits per heavy atom. The molecule has 5 heteroatoms. The monoisotopic (exact) mass is 283 g/mol. The molecule has 114 valence electrons. The number of aliphatic carboxylic acids is 1. The Morgan fingerprint density at radius 1 is 1.15 bits per heavy atom. The molecule has 1 atom stereocenters. The van der Waals surface area contributed by atoms with Crippen LogP contribution in [-0.4, -0.2) is 36.7 Å². The maximum Gasteiger partial charge on any atom is 0.308 e. The van der Waals surface area contributed by atoms with Crippen molar-refractivity contribution in [3.63, 3.8) is 0 Å². The molecular weight excluding hydrogens is 258 g/mol. The van der Waals surface area contributed by atoms with Gasteiger partial charge in [0.05, 0.1) is 5.92 Å². The van der Waals surface area contributed by atoms with E-state index in [4.69, 9.17) is 4.74 Å². The van der Waals surface area contributed by atoms with Crippen LogP contribution in [0.3, 0.4) is 0 Å². The quantitative estimate of drug-likeness (QED) is 0.779. The third-order valence-electron chi connectivity index (χ3n) is 4.62. The van der Waals surface area contributed by atoms with Crippen LogP contribution in [0.1, 0.15) is 44.9 Å². The van der Waals surface area contributed by atoms with Gasteiger partial charge in [0, 0.05) is 26.2 Å². The molecule has 1 saturated carbocycles. The molecule has 2 fully saturated rings. The van der Waals surface area contributed by atoms with Crippen LogP contribution in [0.5, 0.6) is 0 Å². The Kier molecular flexibility index (Phi) is 5.83. The number of carbonyl (C=O) groups is 2. The average Bonchev–Trinajstić information content (AvgIpc) is 2.92. The summed E-state index contributed by atoms with van der Waals surface area (Å²) >= 11 is 0. The van der Waals surface area contributed by atoms with Gasteiger partial charge in [-0.15, -0.1) is 0 Å². The molecule has 1 amide bonds. The van der Waals surface area contributed by atoms with Crippen LogP contribution in [0, 0.1) is 17.8 Å². The van der Waals surface area contributed by atoms with E-state index >= 15 is 0 Å². The lowest BCUT2D eigenvalue weighted by molar-refractivity contribution is -0.145. The zero-order valence-electron chi connectivity index (χ0n) is 12.0. The van der Waals surface area contributed by atoms with E-state index in [2.05, 4.69) is 5.32 Å². The Morgan fingerprint density at radius 3 is 2.40 bits per heavy atom. The van der Waals surface area contributed by atoms with Crippen LogP contribution < -0.4 is 5.32 Å². The summed E-state index contributed by atoms with van der Waals surface area (Å²) < 4.78 is 5.26. The molecule has 1 aliphatic carbocycles. The summed E-state index contributed by atoms with van der Waals surface area (Å²) in [5.74, 6) is -0.658. The molecule has 0 aromatic rings. The van der Waals surface area contributed by atoms with Crippen LogP contribution >= 0.6 is 0 Å². The highest BCUT2D eigenvalue weighted by atomic mass is 16.5. The molecule has 20 heavy (non-hydrogen) atoms. The molecule has 1 heterocycles. The first-order chi connectivity index (χ1) is 9.66. The first kappa shape index (κ1) is 15.3.